The molecule has 2 N–H and O–H groups in total. The molecular formula is C13H15N3O3. The molecular weight excluding hydrogens is 246 g/mol. The predicted octanol–water partition coefficient (Wildman–Crippen LogP) is 1.63. The van der Waals surface area contributed by atoms with E-state index in [0.29, 0.717) is 5.56 Å². The summed E-state index contributed by atoms with van der Waals surface area (Å²) >= 11 is 0. The first-order chi connectivity index (χ1) is 9.10. The minimum Gasteiger partial charge on any atom is -0.336 e. The Labute approximate surface area is 110 Å². The molecule has 1 atom stereocenters. The summed E-state index contributed by atoms with van der Waals surface area (Å²) < 4.78 is 0. The Morgan fingerprint density at radius 1 is 1.32 bits per heavy atom. The second-order valence-electron chi connectivity index (χ2n) is 5.21. The lowest BCUT2D eigenvalue weighted by Gasteiger charge is -2.23. The van der Waals surface area contributed by atoms with Gasteiger partial charge in [-0.25, -0.2) is 0 Å². The summed E-state index contributed by atoms with van der Waals surface area (Å²) in [6.07, 6.45) is 4.03. The summed E-state index contributed by atoms with van der Waals surface area (Å²) in [5, 5.41) is 17.1. The summed E-state index contributed by atoms with van der Waals surface area (Å²) in [5.74, 6) is -0.0950. The molecule has 1 heterocycles. The third-order valence-electron chi connectivity index (χ3n) is 3.92. The molecule has 2 aliphatic rings. The number of nitro groups is 1. The maximum Gasteiger partial charge on any atom is 0.269 e. The van der Waals surface area contributed by atoms with Crippen molar-refractivity contribution in [2.24, 2.45) is 0 Å². The molecule has 1 saturated carbocycles. The first kappa shape index (κ1) is 12.1. The van der Waals surface area contributed by atoms with Crippen LogP contribution in [-0.2, 0) is 4.79 Å². The zero-order valence-electron chi connectivity index (χ0n) is 10.4. The monoisotopic (exact) mass is 261 g/mol. The lowest BCUT2D eigenvalue weighted by molar-refractivity contribution is -0.384. The van der Waals surface area contributed by atoms with Crippen LogP contribution in [0, 0.1) is 10.1 Å². The predicted molar refractivity (Wildman–Crippen MR) is 68.3 cm³/mol. The van der Waals surface area contributed by atoms with Crippen LogP contribution in [-0.4, -0.2) is 16.5 Å². The molecule has 3 rings (SSSR count). The summed E-state index contributed by atoms with van der Waals surface area (Å²) in [4.78, 5) is 22.4. The molecule has 19 heavy (non-hydrogen) atoms. The molecule has 0 unspecified atom stereocenters. The number of carbonyl (C=O) groups is 1. The molecule has 6 nitrogen and oxygen atoms in total. The number of benzene rings is 1. The highest BCUT2D eigenvalue weighted by atomic mass is 16.6. The third-order valence-corrected chi connectivity index (χ3v) is 3.92. The van der Waals surface area contributed by atoms with E-state index in [1.807, 2.05) is 0 Å². The topological polar surface area (TPSA) is 84.3 Å². The fourth-order valence-electron chi connectivity index (χ4n) is 2.99. The fraction of sp³-hybridized carbons (Fsp3) is 0.462. The van der Waals surface area contributed by atoms with Crippen molar-refractivity contribution in [1.29, 1.82) is 0 Å². The number of hydrogen-bond donors (Lipinski definition) is 2. The molecule has 1 aromatic rings. The van der Waals surface area contributed by atoms with Crippen molar-refractivity contribution in [3.63, 3.8) is 0 Å². The van der Waals surface area contributed by atoms with Crippen molar-refractivity contribution in [1.82, 2.24) is 10.6 Å². The molecule has 1 spiro atoms. The maximum absolute atomic E-state index is 12.1. The average molecular weight is 261 g/mol. The molecule has 1 aliphatic carbocycles. The van der Waals surface area contributed by atoms with Crippen LogP contribution in [0.3, 0.4) is 0 Å². The van der Waals surface area contributed by atoms with Gasteiger partial charge >= 0.3 is 0 Å². The number of non-ortho nitro benzene ring substituents is 1. The number of nitrogens with one attached hydrogen (secondary N) is 2. The van der Waals surface area contributed by atoms with Crippen molar-refractivity contribution in [3.8, 4) is 0 Å². The first-order valence-electron chi connectivity index (χ1n) is 6.44. The van der Waals surface area contributed by atoms with E-state index in [9.17, 15) is 14.9 Å². The molecule has 1 aromatic carbocycles. The number of nitrogens with zero attached hydrogens (tertiary/aromatic N) is 1. The third kappa shape index (κ3) is 2.08. The maximum atomic E-state index is 12.1. The number of amides is 1. The second kappa shape index (κ2) is 4.31. The van der Waals surface area contributed by atoms with Gasteiger partial charge in [0.2, 0.25) is 5.91 Å². The molecule has 0 aromatic heterocycles. The highest BCUT2D eigenvalue weighted by Gasteiger charge is 2.45. The number of carbonyl (C=O) groups excluding carboxylic acids is 1. The van der Waals surface area contributed by atoms with E-state index in [0.717, 1.165) is 25.7 Å². The van der Waals surface area contributed by atoms with Crippen molar-refractivity contribution >= 4 is 11.6 Å². The van der Waals surface area contributed by atoms with E-state index in [4.69, 9.17) is 0 Å². The van der Waals surface area contributed by atoms with Gasteiger partial charge in [0.15, 0.2) is 0 Å². The van der Waals surface area contributed by atoms with Crippen molar-refractivity contribution in [2.45, 2.75) is 37.4 Å². The zero-order chi connectivity index (χ0) is 13.5. The normalized spacial score (nSPS) is 24.6. The lowest BCUT2D eigenvalue weighted by Crippen LogP contribution is -2.46. The number of nitro benzene ring substituents is 1. The van der Waals surface area contributed by atoms with Gasteiger partial charge < -0.3 is 5.32 Å². The van der Waals surface area contributed by atoms with Crippen LogP contribution >= 0.6 is 0 Å². The zero-order valence-corrected chi connectivity index (χ0v) is 10.4. The Morgan fingerprint density at radius 2 is 2.05 bits per heavy atom. The number of hydrogen-bond acceptors (Lipinski definition) is 4. The molecule has 1 aliphatic heterocycles. The molecule has 1 saturated heterocycles. The van der Waals surface area contributed by atoms with E-state index in [1.165, 1.54) is 12.1 Å². The minimum absolute atomic E-state index is 0.0134. The van der Waals surface area contributed by atoms with Crippen LogP contribution < -0.4 is 10.6 Å². The van der Waals surface area contributed by atoms with Crippen LogP contribution in [0.25, 0.3) is 0 Å². The standard InChI is InChI=1S/C13H15N3O3/c17-12-11(14-13(15-12)6-1-2-7-13)9-4-3-5-10(8-9)16(18)19/h3-5,8,11,14H,1-2,6-7H2,(H,15,17)/t11-/m0/s1. The summed E-state index contributed by atoms with van der Waals surface area (Å²) in [7, 11) is 0. The van der Waals surface area contributed by atoms with Crippen molar-refractivity contribution in [3.05, 3.63) is 39.9 Å². The molecule has 1 amide bonds. The smallest absolute Gasteiger partial charge is 0.269 e. The Morgan fingerprint density at radius 3 is 2.74 bits per heavy atom. The van der Waals surface area contributed by atoms with E-state index in [-0.39, 0.29) is 17.3 Å². The summed E-state index contributed by atoms with van der Waals surface area (Å²) in [5.41, 5.74) is 0.363. The van der Waals surface area contributed by atoms with Crippen LogP contribution in [0.4, 0.5) is 5.69 Å². The Kier molecular flexibility index (Phi) is 2.74. The van der Waals surface area contributed by atoms with Gasteiger partial charge in [0.25, 0.3) is 5.69 Å². The highest BCUT2D eigenvalue weighted by molar-refractivity contribution is 5.86. The summed E-state index contributed by atoms with van der Waals surface area (Å²) in [6, 6.07) is 5.77. The lowest BCUT2D eigenvalue weighted by atomic mass is 10.1. The summed E-state index contributed by atoms with van der Waals surface area (Å²) in [6.45, 7) is 0. The van der Waals surface area contributed by atoms with E-state index >= 15 is 0 Å². The number of rotatable bonds is 2. The molecule has 0 radical (unpaired) electrons. The van der Waals surface area contributed by atoms with Gasteiger partial charge in [0, 0.05) is 12.1 Å². The molecule has 2 fully saturated rings. The van der Waals surface area contributed by atoms with E-state index < -0.39 is 11.0 Å². The van der Waals surface area contributed by atoms with Crippen LogP contribution in [0.5, 0.6) is 0 Å². The molecule has 0 bridgehead atoms. The Hall–Kier alpha value is -1.95. The Bertz CT molecular complexity index is 538. The van der Waals surface area contributed by atoms with Crippen molar-refractivity contribution in [2.75, 3.05) is 0 Å². The van der Waals surface area contributed by atoms with E-state index in [2.05, 4.69) is 10.6 Å². The molecule has 6 heteroatoms. The van der Waals surface area contributed by atoms with Crippen LogP contribution in [0.2, 0.25) is 0 Å². The van der Waals surface area contributed by atoms with Gasteiger partial charge in [-0.15, -0.1) is 0 Å². The highest BCUT2D eigenvalue weighted by Crippen LogP contribution is 2.35. The second-order valence-corrected chi connectivity index (χ2v) is 5.21. The average Bonchev–Trinajstić information content (AvgIpc) is 2.97. The Balaban J connectivity index is 1.88. The van der Waals surface area contributed by atoms with Gasteiger partial charge in [-0.1, -0.05) is 12.1 Å². The van der Waals surface area contributed by atoms with Gasteiger partial charge in [-0.05, 0) is 31.2 Å². The van der Waals surface area contributed by atoms with Crippen LogP contribution in [0.15, 0.2) is 24.3 Å². The minimum atomic E-state index is -0.488. The van der Waals surface area contributed by atoms with Gasteiger partial charge in [0.05, 0.1) is 10.6 Å². The quantitative estimate of drug-likeness (QED) is 0.626. The van der Waals surface area contributed by atoms with Gasteiger partial charge in [-0.2, -0.15) is 0 Å². The van der Waals surface area contributed by atoms with Gasteiger partial charge in [0.1, 0.15) is 6.04 Å². The fourth-order valence-corrected chi connectivity index (χ4v) is 2.99. The van der Waals surface area contributed by atoms with Crippen molar-refractivity contribution < 1.29 is 9.72 Å². The molecule has 100 valence electrons. The SMILES string of the molecule is O=C1NC2(CCCC2)N[C@H]1c1cccc([N+](=O)[O-])c1. The van der Waals surface area contributed by atoms with Crippen LogP contribution in [0.1, 0.15) is 37.3 Å². The van der Waals surface area contributed by atoms with Gasteiger partial charge in [-0.3, -0.25) is 20.2 Å². The van der Waals surface area contributed by atoms with E-state index in [1.54, 1.807) is 12.1 Å². The first-order valence-corrected chi connectivity index (χ1v) is 6.44. The largest absolute Gasteiger partial charge is 0.336 e.